The van der Waals surface area contributed by atoms with Gasteiger partial charge in [0, 0.05) is 18.8 Å². The molecular formula is C13H13F2N3S. The first-order valence-electron chi connectivity index (χ1n) is 5.89. The monoisotopic (exact) mass is 281 g/mol. The molecule has 0 radical (unpaired) electrons. The van der Waals surface area contributed by atoms with Crippen LogP contribution < -0.4 is 5.32 Å². The largest absolute Gasteiger partial charge is 0.368 e. The predicted molar refractivity (Wildman–Crippen MR) is 71.3 cm³/mol. The molecule has 0 aliphatic carbocycles. The molecule has 3 nitrogen and oxygen atoms in total. The van der Waals surface area contributed by atoms with Gasteiger partial charge in [-0.15, -0.1) is 0 Å². The van der Waals surface area contributed by atoms with E-state index in [1.54, 1.807) is 24.4 Å². The molecule has 1 N–H and O–H groups in total. The summed E-state index contributed by atoms with van der Waals surface area (Å²) in [4.78, 5) is 8.04. The fourth-order valence-corrected chi connectivity index (χ4v) is 2.15. The van der Waals surface area contributed by atoms with Crippen molar-refractivity contribution in [2.75, 3.05) is 11.9 Å². The summed E-state index contributed by atoms with van der Waals surface area (Å²) in [6, 6.07) is 6.16. The van der Waals surface area contributed by atoms with Crippen molar-refractivity contribution >= 4 is 17.6 Å². The highest BCUT2D eigenvalue weighted by Gasteiger charge is 2.13. The summed E-state index contributed by atoms with van der Waals surface area (Å²) in [6.07, 6.45) is 2.45. The number of pyridine rings is 2. The minimum atomic E-state index is -0.685. The fourth-order valence-electron chi connectivity index (χ4n) is 1.40. The smallest absolute Gasteiger partial charge is 0.168 e. The molecule has 0 aliphatic heterocycles. The third-order valence-corrected chi connectivity index (χ3v) is 3.21. The van der Waals surface area contributed by atoms with E-state index in [4.69, 9.17) is 0 Å². The van der Waals surface area contributed by atoms with Crippen molar-refractivity contribution in [2.24, 2.45) is 0 Å². The first kappa shape index (κ1) is 13.7. The van der Waals surface area contributed by atoms with Crippen LogP contribution in [0, 0.1) is 11.6 Å². The van der Waals surface area contributed by atoms with Crippen molar-refractivity contribution in [3.63, 3.8) is 0 Å². The molecule has 19 heavy (non-hydrogen) atoms. The molecule has 0 bridgehead atoms. The summed E-state index contributed by atoms with van der Waals surface area (Å²) in [6.45, 7) is 2.54. The second-order valence-electron chi connectivity index (χ2n) is 3.80. The van der Waals surface area contributed by atoms with Gasteiger partial charge in [0.05, 0.1) is 0 Å². The van der Waals surface area contributed by atoms with E-state index in [1.165, 1.54) is 0 Å². The molecule has 0 fully saturated rings. The molecule has 100 valence electrons. The number of anilines is 1. The van der Waals surface area contributed by atoms with Crippen LogP contribution in [0.15, 0.2) is 40.5 Å². The van der Waals surface area contributed by atoms with Gasteiger partial charge in [0.1, 0.15) is 10.1 Å². The van der Waals surface area contributed by atoms with Crippen LogP contribution >= 0.6 is 11.8 Å². The lowest BCUT2D eigenvalue weighted by molar-refractivity contribution is 0.551. The molecule has 0 aliphatic rings. The van der Waals surface area contributed by atoms with Crippen molar-refractivity contribution < 1.29 is 8.78 Å². The van der Waals surface area contributed by atoms with E-state index >= 15 is 0 Å². The Kier molecular flexibility index (Phi) is 4.68. The van der Waals surface area contributed by atoms with Gasteiger partial charge in [-0.05, 0) is 30.3 Å². The average molecular weight is 281 g/mol. The molecule has 0 spiro atoms. The number of aromatic nitrogens is 2. The number of hydrogen-bond acceptors (Lipinski definition) is 4. The molecule has 2 rings (SSSR count). The first-order chi connectivity index (χ1) is 9.20. The number of hydrogen-bond donors (Lipinski definition) is 1. The fraction of sp³-hybridized carbons (Fsp3) is 0.231. The number of halogens is 2. The second kappa shape index (κ2) is 6.47. The van der Waals surface area contributed by atoms with E-state index in [1.807, 2.05) is 6.92 Å². The molecule has 2 aromatic rings. The van der Waals surface area contributed by atoms with Crippen LogP contribution in [0.1, 0.15) is 13.3 Å². The molecule has 2 heterocycles. The lowest BCUT2D eigenvalue weighted by Gasteiger charge is -2.08. The lowest BCUT2D eigenvalue weighted by atomic mass is 10.4. The molecule has 0 unspecified atom stereocenters. The van der Waals surface area contributed by atoms with Crippen LogP contribution in [0.3, 0.4) is 0 Å². The Morgan fingerprint density at radius 2 is 2.11 bits per heavy atom. The van der Waals surface area contributed by atoms with E-state index in [-0.39, 0.29) is 10.8 Å². The Bertz CT molecular complexity index is 549. The van der Waals surface area contributed by atoms with Crippen LogP contribution in [-0.2, 0) is 0 Å². The minimum Gasteiger partial charge on any atom is -0.368 e. The SMILES string of the molecule is CCCNc1nc(Sc2ccccn2)c(F)cc1F. The van der Waals surface area contributed by atoms with E-state index in [0.717, 1.165) is 24.2 Å². The summed E-state index contributed by atoms with van der Waals surface area (Å²) in [5.41, 5.74) is 0. The van der Waals surface area contributed by atoms with Crippen LogP contribution in [0.2, 0.25) is 0 Å². The van der Waals surface area contributed by atoms with Gasteiger partial charge in [0.25, 0.3) is 0 Å². The topological polar surface area (TPSA) is 37.8 Å². The van der Waals surface area contributed by atoms with Crippen molar-refractivity contribution in [1.29, 1.82) is 0 Å². The Morgan fingerprint density at radius 3 is 2.79 bits per heavy atom. The van der Waals surface area contributed by atoms with Crippen LogP contribution in [0.5, 0.6) is 0 Å². The molecule has 0 saturated carbocycles. The first-order valence-corrected chi connectivity index (χ1v) is 6.71. The molecular weight excluding hydrogens is 268 g/mol. The molecule has 0 saturated heterocycles. The summed E-state index contributed by atoms with van der Waals surface area (Å²) in [5, 5.41) is 3.55. The Labute approximate surface area is 114 Å². The van der Waals surface area contributed by atoms with Crippen molar-refractivity contribution in [3.8, 4) is 0 Å². The quantitative estimate of drug-likeness (QED) is 0.906. The van der Waals surface area contributed by atoms with E-state index in [0.29, 0.717) is 11.6 Å². The van der Waals surface area contributed by atoms with Gasteiger partial charge in [-0.2, -0.15) is 0 Å². The summed E-state index contributed by atoms with van der Waals surface area (Å²) < 4.78 is 27.2. The van der Waals surface area contributed by atoms with Gasteiger partial charge in [-0.1, -0.05) is 13.0 Å². The van der Waals surface area contributed by atoms with Crippen molar-refractivity contribution in [3.05, 3.63) is 42.1 Å². The van der Waals surface area contributed by atoms with Gasteiger partial charge >= 0.3 is 0 Å². The number of rotatable bonds is 5. The molecule has 0 atom stereocenters. The third-order valence-electron chi connectivity index (χ3n) is 2.28. The zero-order valence-electron chi connectivity index (χ0n) is 10.4. The standard InChI is InChI=1S/C13H13F2N3S/c1-2-6-17-12-9(14)8-10(15)13(18-12)19-11-5-3-4-7-16-11/h3-5,7-8H,2,6H2,1H3,(H,17,18). The number of nitrogens with zero attached hydrogens (tertiary/aromatic N) is 2. The maximum atomic E-state index is 13.7. The maximum Gasteiger partial charge on any atom is 0.168 e. The summed E-state index contributed by atoms with van der Waals surface area (Å²) in [5.74, 6) is -1.30. The highest BCUT2D eigenvalue weighted by Crippen LogP contribution is 2.28. The molecule has 2 aromatic heterocycles. The Balaban J connectivity index is 2.24. The zero-order valence-corrected chi connectivity index (χ0v) is 11.2. The highest BCUT2D eigenvalue weighted by molar-refractivity contribution is 7.99. The third kappa shape index (κ3) is 3.64. The lowest BCUT2D eigenvalue weighted by Crippen LogP contribution is -2.06. The van der Waals surface area contributed by atoms with Crippen LogP contribution in [-0.4, -0.2) is 16.5 Å². The molecule has 6 heteroatoms. The summed E-state index contributed by atoms with van der Waals surface area (Å²) in [7, 11) is 0. The zero-order chi connectivity index (χ0) is 13.7. The minimum absolute atomic E-state index is 0.0710. The summed E-state index contributed by atoms with van der Waals surface area (Å²) >= 11 is 1.07. The highest BCUT2D eigenvalue weighted by atomic mass is 32.2. The number of nitrogens with one attached hydrogen (secondary N) is 1. The van der Waals surface area contributed by atoms with E-state index in [9.17, 15) is 8.78 Å². The van der Waals surface area contributed by atoms with Crippen LogP contribution in [0.4, 0.5) is 14.6 Å². The predicted octanol–water partition coefficient (Wildman–Crippen LogP) is 3.73. The Hall–Kier alpha value is -1.69. The van der Waals surface area contributed by atoms with Crippen LogP contribution in [0.25, 0.3) is 0 Å². The second-order valence-corrected chi connectivity index (χ2v) is 4.81. The van der Waals surface area contributed by atoms with Gasteiger partial charge < -0.3 is 5.32 Å². The molecule has 0 aromatic carbocycles. The maximum absolute atomic E-state index is 13.7. The van der Waals surface area contributed by atoms with Gasteiger partial charge in [0.15, 0.2) is 17.5 Å². The van der Waals surface area contributed by atoms with Gasteiger partial charge in [0.2, 0.25) is 0 Å². The van der Waals surface area contributed by atoms with Gasteiger partial charge in [-0.3, -0.25) is 0 Å². The Morgan fingerprint density at radius 1 is 1.26 bits per heavy atom. The van der Waals surface area contributed by atoms with Crippen molar-refractivity contribution in [1.82, 2.24) is 9.97 Å². The van der Waals surface area contributed by atoms with E-state index in [2.05, 4.69) is 15.3 Å². The van der Waals surface area contributed by atoms with Crippen molar-refractivity contribution in [2.45, 2.75) is 23.4 Å². The average Bonchev–Trinajstić information content (AvgIpc) is 2.42. The molecule has 0 amide bonds. The normalized spacial score (nSPS) is 10.5. The van der Waals surface area contributed by atoms with Gasteiger partial charge in [-0.25, -0.2) is 18.7 Å². The van der Waals surface area contributed by atoms with E-state index < -0.39 is 11.6 Å².